The van der Waals surface area contributed by atoms with E-state index in [4.69, 9.17) is 10.5 Å². The normalized spacial score (nSPS) is 12.5. The van der Waals surface area contributed by atoms with Crippen LogP contribution in [-0.4, -0.2) is 66.6 Å². The molecule has 3 amide bonds. The third-order valence-electron chi connectivity index (χ3n) is 6.90. The van der Waals surface area contributed by atoms with Crippen LogP contribution in [0.2, 0.25) is 0 Å². The molecule has 42 heavy (non-hydrogen) atoms. The molecule has 0 aliphatic carbocycles. The Morgan fingerprint density at radius 2 is 1.55 bits per heavy atom. The molecular formula is C33H50N4O5. The molecule has 0 aliphatic heterocycles. The van der Waals surface area contributed by atoms with Crippen molar-refractivity contribution < 1.29 is 24.2 Å². The zero-order valence-corrected chi connectivity index (χ0v) is 25.9. The van der Waals surface area contributed by atoms with Crippen molar-refractivity contribution in [2.45, 2.75) is 84.9 Å². The van der Waals surface area contributed by atoms with Gasteiger partial charge in [-0.05, 0) is 59.6 Å². The first-order valence-electron chi connectivity index (χ1n) is 15.0. The lowest BCUT2D eigenvalue weighted by Crippen LogP contribution is -2.48. The van der Waals surface area contributed by atoms with Gasteiger partial charge >= 0.3 is 0 Å². The number of hydrogen-bond acceptors (Lipinski definition) is 6. The predicted molar refractivity (Wildman–Crippen MR) is 166 cm³/mol. The molecule has 0 spiro atoms. The maximum absolute atomic E-state index is 13.2. The number of amides is 3. The monoisotopic (exact) mass is 582 g/mol. The lowest BCUT2D eigenvalue weighted by atomic mass is 9.97. The maximum Gasteiger partial charge on any atom is 0.226 e. The molecule has 2 aromatic rings. The van der Waals surface area contributed by atoms with Gasteiger partial charge in [0, 0.05) is 26.2 Å². The largest absolute Gasteiger partial charge is 0.497 e. The number of carbonyl (C=O) groups is 3. The fourth-order valence-electron chi connectivity index (χ4n) is 5.09. The summed E-state index contributed by atoms with van der Waals surface area (Å²) in [6, 6.07) is 12.7. The van der Waals surface area contributed by atoms with Crippen LogP contribution in [0, 0.1) is 5.92 Å². The van der Waals surface area contributed by atoms with E-state index in [1.807, 2.05) is 69.0 Å². The van der Waals surface area contributed by atoms with E-state index in [1.54, 1.807) is 13.2 Å². The number of aliphatic hydroxyl groups is 1. The van der Waals surface area contributed by atoms with Gasteiger partial charge in [-0.3, -0.25) is 14.4 Å². The minimum atomic E-state index is -0.792. The summed E-state index contributed by atoms with van der Waals surface area (Å²) in [5.74, 6) is 0.334. The zero-order chi connectivity index (χ0) is 31.1. The zero-order valence-electron chi connectivity index (χ0n) is 25.9. The molecule has 0 unspecified atom stereocenters. The Morgan fingerprint density at radius 1 is 0.929 bits per heavy atom. The highest BCUT2D eigenvalue weighted by atomic mass is 16.5. The molecule has 0 saturated heterocycles. The molecule has 5 N–H and O–H groups in total. The summed E-state index contributed by atoms with van der Waals surface area (Å²) in [5.41, 5.74) is 8.61. The minimum absolute atomic E-state index is 0.0203. The molecule has 0 heterocycles. The Hall–Kier alpha value is -3.43. The van der Waals surface area contributed by atoms with Gasteiger partial charge in [0.2, 0.25) is 17.7 Å². The summed E-state index contributed by atoms with van der Waals surface area (Å²) in [4.78, 5) is 39.7. The summed E-state index contributed by atoms with van der Waals surface area (Å²) in [6.07, 6.45) is 1.84. The first-order valence-corrected chi connectivity index (χ1v) is 15.0. The highest BCUT2D eigenvalue weighted by molar-refractivity contribution is 5.81. The molecule has 0 radical (unpaired) electrons. The average Bonchev–Trinajstić information content (AvgIpc) is 2.91. The number of benzene rings is 2. The highest BCUT2D eigenvalue weighted by Crippen LogP contribution is 2.16. The molecule has 2 aromatic carbocycles. The lowest BCUT2D eigenvalue weighted by Gasteiger charge is -2.26. The van der Waals surface area contributed by atoms with E-state index in [2.05, 4.69) is 10.6 Å². The van der Waals surface area contributed by atoms with Crippen LogP contribution in [-0.2, 0) is 40.2 Å². The van der Waals surface area contributed by atoms with Gasteiger partial charge in [-0.25, -0.2) is 0 Å². The molecule has 2 rings (SSSR count). The van der Waals surface area contributed by atoms with Crippen LogP contribution in [0.5, 0.6) is 5.75 Å². The number of hydrogen-bond donors (Lipinski definition) is 4. The van der Waals surface area contributed by atoms with E-state index in [1.165, 1.54) is 0 Å². The summed E-state index contributed by atoms with van der Waals surface area (Å²) in [7, 11) is 1.62. The predicted octanol–water partition coefficient (Wildman–Crippen LogP) is 3.14. The van der Waals surface area contributed by atoms with Crippen molar-refractivity contribution in [3.05, 3.63) is 64.7 Å². The lowest BCUT2D eigenvalue weighted by molar-refractivity contribution is -0.130. The van der Waals surface area contributed by atoms with Gasteiger partial charge in [0.05, 0.1) is 38.5 Å². The standard InChI is InChI=1S/C33H50N4O5/c1-6-11-37(12-7-2)33(41)20-27-15-25(18-31(34)39)14-26(16-27)19-32(40)36-29(13-23(3)4)30(38)22-35-21-24-9-8-10-28(17-24)42-5/h8-10,14-17,23,29-30,35,38H,6-7,11-13,18-22H2,1-5H3,(H2,34,39)(H,36,40)/t29-,30+/m0/s1. The van der Waals surface area contributed by atoms with Crippen LogP contribution < -0.4 is 21.1 Å². The number of nitrogens with zero attached hydrogens (tertiary/aromatic N) is 1. The Balaban J connectivity index is 2.11. The van der Waals surface area contributed by atoms with Crippen molar-refractivity contribution in [1.29, 1.82) is 0 Å². The van der Waals surface area contributed by atoms with Gasteiger partial charge in [-0.1, -0.05) is 58.0 Å². The third kappa shape index (κ3) is 12.6. The van der Waals surface area contributed by atoms with Crippen LogP contribution in [0.15, 0.2) is 42.5 Å². The van der Waals surface area contributed by atoms with Gasteiger partial charge in [-0.15, -0.1) is 0 Å². The Morgan fingerprint density at radius 3 is 2.12 bits per heavy atom. The topological polar surface area (TPSA) is 134 Å². The van der Waals surface area contributed by atoms with Gasteiger partial charge in [-0.2, -0.15) is 0 Å². The second kappa shape index (κ2) is 18.2. The van der Waals surface area contributed by atoms with Crippen LogP contribution in [0.1, 0.15) is 69.2 Å². The van der Waals surface area contributed by atoms with Crippen molar-refractivity contribution in [2.24, 2.45) is 11.7 Å². The highest BCUT2D eigenvalue weighted by Gasteiger charge is 2.23. The smallest absolute Gasteiger partial charge is 0.226 e. The summed E-state index contributed by atoms with van der Waals surface area (Å²) in [6.45, 7) is 10.4. The number of carbonyl (C=O) groups excluding carboxylic acids is 3. The van der Waals surface area contributed by atoms with Gasteiger partial charge in [0.15, 0.2) is 0 Å². The summed E-state index contributed by atoms with van der Waals surface area (Å²) < 4.78 is 5.27. The van der Waals surface area contributed by atoms with Crippen molar-refractivity contribution >= 4 is 17.7 Å². The first kappa shape index (κ1) is 34.8. The quantitative estimate of drug-likeness (QED) is 0.201. The van der Waals surface area contributed by atoms with Crippen molar-refractivity contribution in [1.82, 2.24) is 15.5 Å². The van der Waals surface area contributed by atoms with Crippen molar-refractivity contribution in [2.75, 3.05) is 26.7 Å². The maximum atomic E-state index is 13.2. The van der Waals surface area contributed by atoms with Gasteiger partial charge in [0.1, 0.15) is 5.75 Å². The number of aliphatic hydroxyl groups excluding tert-OH is 1. The molecule has 9 nitrogen and oxygen atoms in total. The molecule has 0 aromatic heterocycles. The van der Waals surface area contributed by atoms with Crippen molar-refractivity contribution in [3.63, 3.8) is 0 Å². The van der Waals surface area contributed by atoms with Crippen LogP contribution in [0.25, 0.3) is 0 Å². The Bertz CT molecular complexity index is 1150. The van der Waals surface area contributed by atoms with Crippen LogP contribution in [0.4, 0.5) is 0 Å². The molecule has 232 valence electrons. The van der Waals surface area contributed by atoms with Gasteiger partial charge in [0.25, 0.3) is 0 Å². The van der Waals surface area contributed by atoms with Gasteiger partial charge < -0.3 is 31.1 Å². The Labute approximate surface area is 251 Å². The molecule has 9 heteroatoms. The first-order chi connectivity index (χ1) is 20.0. The molecule has 0 saturated carbocycles. The number of methoxy groups -OCH3 is 1. The van der Waals surface area contributed by atoms with E-state index in [0.717, 1.165) is 29.7 Å². The van der Waals surface area contributed by atoms with E-state index < -0.39 is 18.1 Å². The van der Waals surface area contributed by atoms with Crippen molar-refractivity contribution in [3.8, 4) is 5.75 Å². The van der Waals surface area contributed by atoms with Crippen LogP contribution >= 0.6 is 0 Å². The molecule has 0 bridgehead atoms. The number of nitrogens with one attached hydrogen (secondary N) is 2. The summed E-state index contributed by atoms with van der Waals surface area (Å²) >= 11 is 0. The molecule has 0 fully saturated rings. The number of ether oxygens (including phenoxy) is 1. The fraction of sp³-hybridized carbons (Fsp3) is 0.545. The van der Waals surface area contributed by atoms with E-state index in [9.17, 15) is 19.5 Å². The molecule has 2 atom stereocenters. The average molecular weight is 583 g/mol. The number of rotatable bonds is 19. The second-order valence-corrected chi connectivity index (χ2v) is 11.4. The SMILES string of the molecule is CCCN(CCC)C(=O)Cc1cc(CC(N)=O)cc(CC(=O)N[C@@H](CC(C)C)[C@H](O)CNCc2cccc(OC)c2)c1. The number of nitrogens with two attached hydrogens (primary N) is 1. The second-order valence-electron chi connectivity index (χ2n) is 11.4. The van der Waals surface area contributed by atoms with E-state index >= 15 is 0 Å². The molecule has 0 aliphatic rings. The fourth-order valence-corrected chi connectivity index (χ4v) is 5.09. The minimum Gasteiger partial charge on any atom is -0.497 e. The summed E-state index contributed by atoms with van der Waals surface area (Å²) in [5, 5.41) is 17.3. The number of primary amides is 1. The van der Waals surface area contributed by atoms with E-state index in [0.29, 0.717) is 43.7 Å². The molecular weight excluding hydrogens is 532 g/mol. The van der Waals surface area contributed by atoms with Crippen LogP contribution in [0.3, 0.4) is 0 Å². The van der Waals surface area contributed by atoms with E-state index in [-0.39, 0.29) is 37.0 Å². The Kier molecular flexibility index (Phi) is 15.1. The third-order valence-corrected chi connectivity index (χ3v) is 6.90.